The Morgan fingerprint density at radius 3 is 2.84 bits per heavy atom. The van der Waals surface area contributed by atoms with Crippen molar-refractivity contribution in [1.29, 1.82) is 0 Å². The molecule has 1 aliphatic heterocycles. The first-order valence-electron chi connectivity index (χ1n) is 5.42. The van der Waals surface area contributed by atoms with E-state index >= 15 is 0 Å². The smallest absolute Gasteiger partial charge is 0.264 e. The molecule has 1 N–H and O–H groups in total. The summed E-state index contributed by atoms with van der Waals surface area (Å²) in [6, 6.07) is 9.69. The summed E-state index contributed by atoms with van der Waals surface area (Å²) in [6.07, 6.45) is 1.84. The Kier molecular flexibility index (Phi) is 3.39. The largest absolute Gasteiger partial charge is 0.300 e. The molecule has 0 spiro atoms. The first-order chi connectivity index (χ1) is 9.31. The molecule has 2 heterocycles. The van der Waals surface area contributed by atoms with Crippen LogP contribution in [0.1, 0.15) is 5.56 Å². The number of nitrogens with one attached hydrogen (secondary N) is 1. The van der Waals surface area contributed by atoms with Crippen molar-refractivity contribution >= 4 is 45.4 Å². The summed E-state index contributed by atoms with van der Waals surface area (Å²) in [5.74, 6) is -0.142. The number of hydrogen-bond donors (Lipinski definition) is 1. The molecule has 3 rings (SSSR count). The molecule has 0 bridgehead atoms. The Bertz CT molecular complexity index is 650. The van der Waals surface area contributed by atoms with E-state index in [-0.39, 0.29) is 5.91 Å². The first-order valence-corrected chi connectivity index (χ1v) is 7.12. The van der Waals surface area contributed by atoms with Crippen molar-refractivity contribution in [3.05, 3.63) is 46.3 Å². The number of amides is 1. The first kappa shape index (κ1) is 12.1. The topological polar surface area (TPSA) is 67.2 Å². The van der Waals surface area contributed by atoms with Crippen molar-refractivity contribution in [1.82, 2.24) is 15.5 Å². The Labute approximate surface area is 117 Å². The molecule has 1 fully saturated rings. The molecule has 0 aliphatic carbocycles. The quantitative estimate of drug-likeness (QED) is 0.862. The van der Waals surface area contributed by atoms with Crippen molar-refractivity contribution in [2.24, 2.45) is 4.99 Å². The number of hydrogen-bond acceptors (Lipinski definition) is 6. The van der Waals surface area contributed by atoms with E-state index in [0.29, 0.717) is 15.2 Å². The van der Waals surface area contributed by atoms with E-state index in [1.54, 1.807) is 5.51 Å². The van der Waals surface area contributed by atoms with Crippen LogP contribution in [-0.2, 0) is 4.79 Å². The number of thioether (sulfide) groups is 1. The highest BCUT2D eigenvalue weighted by Crippen LogP contribution is 2.28. The lowest BCUT2D eigenvalue weighted by atomic mass is 10.2. The van der Waals surface area contributed by atoms with Crippen LogP contribution in [0.5, 0.6) is 0 Å². The molecule has 5 nitrogen and oxygen atoms in total. The average molecular weight is 288 g/mol. The molecule has 1 aromatic heterocycles. The molecule has 1 aromatic carbocycles. The number of carbonyl (C=O) groups excluding carboxylic acids is 1. The lowest BCUT2D eigenvalue weighted by molar-refractivity contribution is -0.115. The highest BCUT2D eigenvalue weighted by atomic mass is 32.2. The van der Waals surface area contributed by atoms with Crippen molar-refractivity contribution < 1.29 is 4.79 Å². The van der Waals surface area contributed by atoms with E-state index in [1.165, 1.54) is 23.1 Å². The minimum Gasteiger partial charge on any atom is -0.300 e. The lowest BCUT2D eigenvalue weighted by Gasteiger charge is -1.93. The van der Waals surface area contributed by atoms with Gasteiger partial charge in [-0.05, 0) is 23.4 Å². The standard InChI is InChI=1S/C12H8N4OS2/c17-10-9(6-8-4-2-1-3-5-8)19-11(14-10)15-12-16-13-7-18-12/h1-7H,(H,14,15,16,17)/b9-6+. The molecule has 0 saturated carbocycles. The summed E-state index contributed by atoms with van der Waals surface area (Å²) in [7, 11) is 0. The number of nitrogens with zero attached hydrogens (tertiary/aromatic N) is 3. The molecule has 19 heavy (non-hydrogen) atoms. The van der Waals surface area contributed by atoms with Crippen molar-refractivity contribution in [3.63, 3.8) is 0 Å². The second kappa shape index (κ2) is 5.33. The van der Waals surface area contributed by atoms with Gasteiger partial charge in [0.25, 0.3) is 5.91 Å². The van der Waals surface area contributed by atoms with Crippen LogP contribution in [0.15, 0.2) is 45.7 Å². The summed E-state index contributed by atoms with van der Waals surface area (Å²) in [5.41, 5.74) is 2.58. The number of benzene rings is 1. The van der Waals surface area contributed by atoms with E-state index in [9.17, 15) is 4.79 Å². The zero-order valence-corrected chi connectivity index (χ0v) is 11.2. The molecule has 2 aromatic rings. The van der Waals surface area contributed by atoms with Crippen LogP contribution in [0.25, 0.3) is 6.08 Å². The maximum absolute atomic E-state index is 11.8. The Hall–Kier alpha value is -1.99. The minimum absolute atomic E-state index is 0.142. The molecular formula is C12H8N4OS2. The van der Waals surface area contributed by atoms with E-state index in [4.69, 9.17) is 0 Å². The van der Waals surface area contributed by atoms with E-state index in [0.717, 1.165) is 5.56 Å². The number of amidine groups is 1. The predicted octanol–water partition coefficient (Wildman–Crippen LogP) is 2.43. The fourth-order valence-corrected chi connectivity index (χ4v) is 2.79. The summed E-state index contributed by atoms with van der Waals surface area (Å²) in [6.45, 7) is 0. The van der Waals surface area contributed by atoms with Crippen LogP contribution in [0.2, 0.25) is 0 Å². The van der Waals surface area contributed by atoms with Crippen LogP contribution in [0, 0.1) is 0 Å². The van der Waals surface area contributed by atoms with Gasteiger partial charge in [0.15, 0.2) is 5.17 Å². The van der Waals surface area contributed by atoms with Gasteiger partial charge >= 0.3 is 0 Å². The van der Waals surface area contributed by atoms with E-state index in [2.05, 4.69) is 20.5 Å². The van der Waals surface area contributed by atoms with Gasteiger partial charge in [-0.15, -0.1) is 10.2 Å². The molecule has 94 valence electrons. The molecule has 0 radical (unpaired) electrons. The third-order valence-corrected chi connectivity index (χ3v) is 3.79. The summed E-state index contributed by atoms with van der Waals surface area (Å²) >= 11 is 2.62. The van der Waals surface area contributed by atoms with E-state index in [1.807, 2.05) is 36.4 Å². The number of rotatable bonds is 2. The van der Waals surface area contributed by atoms with Gasteiger partial charge in [0.05, 0.1) is 4.91 Å². The van der Waals surface area contributed by atoms with Gasteiger partial charge in [-0.25, -0.2) is 0 Å². The number of carbonyl (C=O) groups is 1. The number of aromatic nitrogens is 2. The molecule has 1 amide bonds. The Morgan fingerprint density at radius 2 is 2.11 bits per heavy atom. The van der Waals surface area contributed by atoms with Crippen LogP contribution in [0.3, 0.4) is 0 Å². The summed E-state index contributed by atoms with van der Waals surface area (Å²) in [4.78, 5) is 16.6. The van der Waals surface area contributed by atoms with Crippen molar-refractivity contribution in [3.8, 4) is 0 Å². The third kappa shape index (κ3) is 2.88. The van der Waals surface area contributed by atoms with Crippen LogP contribution >= 0.6 is 23.1 Å². The van der Waals surface area contributed by atoms with Crippen LogP contribution in [0.4, 0.5) is 5.13 Å². The second-order valence-corrected chi connectivity index (χ2v) is 5.46. The van der Waals surface area contributed by atoms with Crippen LogP contribution < -0.4 is 5.32 Å². The van der Waals surface area contributed by atoms with Crippen molar-refractivity contribution in [2.45, 2.75) is 0 Å². The third-order valence-electron chi connectivity index (χ3n) is 2.29. The molecular weight excluding hydrogens is 280 g/mol. The molecule has 1 saturated heterocycles. The Balaban J connectivity index is 1.83. The average Bonchev–Trinajstić information content (AvgIpc) is 3.02. The van der Waals surface area contributed by atoms with Gasteiger partial charge in [0.1, 0.15) is 5.51 Å². The Morgan fingerprint density at radius 1 is 1.26 bits per heavy atom. The minimum atomic E-state index is -0.142. The molecule has 1 aliphatic rings. The van der Waals surface area contributed by atoms with Gasteiger partial charge in [-0.3, -0.25) is 4.79 Å². The monoisotopic (exact) mass is 288 g/mol. The zero-order valence-electron chi connectivity index (χ0n) is 9.61. The van der Waals surface area contributed by atoms with Gasteiger partial charge in [-0.1, -0.05) is 41.7 Å². The summed E-state index contributed by atoms with van der Waals surface area (Å²) in [5, 5.41) is 11.3. The highest BCUT2D eigenvalue weighted by molar-refractivity contribution is 8.18. The van der Waals surface area contributed by atoms with Gasteiger partial charge in [0, 0.05) is 0 Å². The normalized spacial score (nSPS) is 19.1. The lowest BCUT2D eigenvalue weighted by Crippen LogP contribution is -2.19. The second-order valence-electron chi connectivity index (χ2n) is 3.61. The maximum Gasteiger partial charge on any atom is 0.264 e. The molecule has 7 heteroatoms. The maximum atomic E-state index is 11.8. The predicted molar refractivity (Wildman–Crippen MR) is 77.2 cm³/mol. The fraction of sp³-hybridized carbons (Fsp3) is 0. The number of aliphatic imine (C=N–C) groups is 1. The van der Waals surface area contributed by atoms with Gasteiger partial charge in [-0.2, -0.15) is 4.99 Å². The van der Waals surface area contributed by atoms with Gasteiger partial charge < -0.3 is 5.32 Å². The SMILES string of the molecule is O=C1N/C(=N\c2nncs2)S/C1=C/c1ccccc1. The van der Waals surface area contributed by atoms with Crippen LogP contribution in [-0.4, -0.2) is 21.3 Å². The highest BCUT2D eigenvalue weighted by Gasteiger charge is 2.23. The molecule has 0 unspecified atom stereocenters. The fourth-order valence-electron chi connectivity index (χ4n) is 1.48. The molecule has 0 atom stereocenters. The van der Waals surface area contributed by atoms with Crippen molar-refractivity contribution in [2.75, 3.05) is 0 Å². The van der Waals surface area contributed by atoms with E-state index < -0.39 is 0 Å². The van der Waals surface area contributed by atoms with Gasteiger partial charge in [0.2, 0.25) is 5.13 Å². The summed E-state index contributed by atoms with van der Waals surface area (Å²) < 4.78 is 0. The zero-order chi connectivity index (χ0) is 13.1.